The highest BCUT2D eigenvalue weighted by atomic mass is 19.1. The number of aromatic nitrogens is 4. The van der Waals surface area contributed by atoms with Gasteiger partial charge in [-0.3, -0.25) is 4.79 Å². The monoisotopic (exact) mass is 428 g/mol. The molecule has 0 spiro atoms. The van der Waals surface area contributed by atoms with Crippen LogP contribution in [-0.4, -0.2) is 26.3 Å². The summed E-state index contributed by atoms with van der Waals surface area (Å²) in [5.74, 6) is 0.512. The van der Waals surface area contributed by atoms with Gasteiger partial charge in [-0.2, -0.15) is 5.10 Å². The Hall–Kier alpha value is -4.00. The van der Waals surface area contributed by atoms with E-state index in [1.165, 1.54) is 12.1 Å². The molecule has 0 fully saturated rings. The molecular weight excluding hydrogens is 407 g/mol. The van der Waals surface area contributed by atoms with E-state index in [0.717, 1.165) is 34.6 Å². The summed E-state index contributed by atoms with van der Waals surface area (Å²) in [4.78, 5) is 17.7. The Morgan fingerprint density at radius 2 is 1.78 bits per heavy atom. The van der Waals surface area contributed by atoms with E-state index in [4.69, 9.17) is 4.74 Å². The number of hydrogen-bond donors (Lipinski definition) is 0. The van der Waals surface area contributed by atoms with Crippen LogP contribution in [0.4, 0.5) is 4.39 Å². The maximum Gasteiger partial charge on any atom is 0.261 e. The van der Waals surface area contributed by atoms with Crippen molar-refractivity contribution in [1.29, 1.82) is 0 Å². The molecule has 0 aliphatic carbocycles. The zero-order chi connectivity index (χ0) is 22.2. The molecule has 32 heavy (non-hydrogen) atoms. The van der Waals surface area contributed by atoms with Crippen molar-refractivity contribution in [2.45, 2.75) is 19.9 Å². The Labute approximate surface area is 183 Å². The highest BCUT2D eigenvalue weighted by Gasteiger charge is 2.16. The summed E-state index contributed by atoms with van der Waals surface area (Å²) in [6.07, 6.45) is 4.12. The first-order valence-electron chi connectivity index (χ1n) is 10.3. The number of fused-ring (bicyclic) bond motifs is 3. The number of ether oxygens (including phenoxy) is 1. The predicted octanol–water partition coefficient (Wildman–Crippen LogP) is 4.41. The summed E-state index contributed by atoms with van der Waals surface area (Å²) in [6, 6.07) is 16.0. The molecule has 0 N–H and O–H groups in total. The lowest BCUT2D eigenvalue weighted by Crippen LogP contribution is -2.21. The van der Waals surface area contributed by atoms with Gasteiger partial charge in [0.05, 0.1) is 23.7 Å². The van der Waals surface area contributed by atoms with E-state index in [1.807, 2.05) is 37.3 Å². The van der Waals surface area contributed by atoms with Crippen molar-refractivity contribution in [2.75, 3.05) is 7.11 Å². The fourth-order valence-electron chi connectivity index (χ4n) is 3.99. The minimum absolute atomic E-state index is 0.109. The fraction of sp³-hybridized carbons (Fsp3) is 0.160. The van der Waals surface area contributed by atoms with Gasteiger partial charge in [-0.05, 0) is 54.8 Å². The van der Waals surface area contributed by atoms with Gasteiger partial charge in [0, 0.05) is 24.5 Å². The van der Waals surface area contributed by atoms with Gasteiger partial charge in [0.2, 0.25) is 0 Å². The molecule has 5 rings (SSSR count). The minimum atomic E-state index is -0.295. The molecule has 160 valence electrons. The number of aryl methyl sites for hydroxylation is 3. The third-order valence-electron chi connectivity index (χ3n) is 5.69. The molecule has 0 aliphatic heterocycles. The van der Waals surface area contributed by atoms with Crippen molar-refractivity contribution < 1.29 is 9.13 Å². The summed E-state index contributed by atoms with van der Waals surface area (Å²) in [6.45, 7) is 2.44. The highest BCUT2D eigenvalue weighted by molar-refractivity contribution is 5.86. The second kappa shape index (κ2) is 7.92. The van der Waals surface area contributed by atoms with Crippen LogP contribution in [0.15, 0.2) is 71.8 Å². The number of benzene rings is 2. The SMILES string of the molecule is COc1ccc(CCn2ccc3c(cnc4c(-c5ccc(F)cc5)c(C)nn43)c2=O)cc1. The van der Waals surface area contributed by atoms with E-state index in [0.29, 0.717) is 23.1 Å². The van der Waals surface area contributed by atoms with Crippen LogP contribution in [0, 0.1) is 12.7 Å². The second-order valence-corrected chi connectivity index (χ2v) is 7.67. The quantitative estimate of drug-likeness (QED) is 0.416. The summed E-state index contributed by atoms with van der Waals surface area (Å²) in [7, 11) is 1.64. The molecule has 0 atom stereocenters. The Morgan fingerprint density at radius 3 is 2.50 bits per heavy atom. The highest BCUT2D eigenvalue weighted by Crippen LogP contribution is 2.28. The molecule has 0 saturated heterocycles. The third-order valence-corrected chi connectivity index (χ3v) is 5.69. The lowest BCUT2D eigenvalue weighted by atomic mass is 10.1. The van der Waals surface area contributed by atoms with Gasteiger partial charge >= 0.3 is 0 Å². The standard InChI is InChI=1S/C25H21FN4O2/c1-16-23(18-5-7-19(26)8-6-18)24-27-15-21-22(30(24)28-16)12-14-29(25(21)31)13-11-17-3-9-20(32-2)10-4-17/h3-10,12,14-15H,11,13H2,1-2H3. The number of rotatable bonds is 5. The topological polar surface area (TPSA) is 61.4 Å². The first-order chi connectivity index (χ1) is 15.5. The van der Waals surface area contributed by atoms with Crippen LogP contribution in [0.2, 0.25) is 0 Å². The van der Waals surface area contributed by atoms with Crippen molar-refractivity contribution in [3.63, 3.8) is 0 Å². The van der Waals surface area contributed by atoms with Gasteiger partial charge in [-0.25, -0.2) is 13.9 Å². The maximum atomic E-state index is 13.4. The molecular formula is C25H21FN4O2. The Kier molecular flexibility index (Phi) is 4.93. The molecule has 0 bridgehead atoms. The van der Waals surface area contributed by atoms with Gasteiger partial charge < -0.3 is 9.30 Å². The molecule has 0 saturated carbocycles. The van der Waals surface area contributed by atoms with E-state index in [9.17, 15) is 9.18 Å². The number of hydrogen-bond acceptors (Lipinski definition) is 4. The van der Waals surface area contributed by atoms with Crippen LogP contribution < -0.4 is 10.3 Å². The van der Waals surface area contributed by atoms with E-state index < -0.39 is 0 Å². The van der Waals surface area contributed by atoms with Crippen LogP contribution in [0.3, 0.4) is 0 Å². The Bertz CT molecular complexity index is 1490. The molecule has 2 aromatic carbocycles. The molecule has 7 heteroatoms. The molecule has 0 aliphatic rings. The summed E-state index contributed by atoms with van der Waals surface area (Å²) < 4.78 is 21.9. The zero-order valence-corrected chi connectivity index (χ0v) is 17.7. The lowest BCUT2D eigenvalue weighted by molar-refractivity contribution is 0.414. The molecule has 3 aromatic heterocycles. The van der Waals surface area contributed by atoms with Crippen LogP contribution >= 0.6 is 0 Å². The van der Waals surface area contributed by atoms with Gasteiger partial charge in [-0.1, -0.05) is 24.3 Å². The predicted molar refractivity (Wildman–Crippen MR) is 122 cm³/mol. The smallest absolute Gasteiger partial charge is 0.261 e. The van der Waals surface area contributed by atoms with E-state index in [1.54, 1.807) is 40.7 Å². The van der Waals surface area contributed by atoms with Gasteiger partial charge in [0.15, 0.2) is 5.65 Å². The fourth-order valence-corrected chi connectivity index (χ4v) is 3.99. The van der Waals surface area contributed by atoms with Crippen molar-refractivity contribution in [3.8, 4) is 16.9 Å². The number of methoxy groups -OCH3 is 1. The lowest BCUT2D eigenvalue weighted by Gasteiger charge is -2.09. The summed E-state index contributed by atoms with van der Waals surface area (Å²) >= 11 is 0. The number of pyridine rings is 1. The maximum absolute atomic E-state index is 13.4. The van der Waals surface area contributed by atoms with Crippen LogP contribution in [0.1, 0.15) is 11.3 Å². The molecule has 0 radical (unpaired) electrons. The summed E-state index contributed by atoms with van der Waals surface area (Å²) in [5, 5.41) is 5.12. The largest absolute Gasteiger partial charge is 0.497 e. The molecule has 5 aromatic rings. The Balaban J connectivity index is 1.52. The van der Waals surface area contributed by atoms with Crippen molar-refractivity contribution in [3.05, 3.63) is 94.4 Å². The average molecular weight is 428 g/mol. The van der Waals surface area contributed by atoms with E-state index >= 15 is 0 Å². The van der Waals surface area contributed by atoms with E-state index in [2.05, 4.69) is 10.1 Å². The normalized spacial score (nSPS) is 11.3. The first-order valence-corrected chi connectivity index (χ1v) is 10.3. The number of nitrogens with zero attached hydrogens (tertiary/aromatic N) is 4. The van der Waals surface area contributed by atoms with E-state index in [-0.39, 0.29) is 11.4 Å². The minimum Gasteiger partial charge on any atom is -0.497 e. The van der Waals surface area contributed by atoms with Crippen LogP contribution in [0.25, 0.3) is 27.7 Å². The number of halogens is 1. The van der Waals surface area contributed by atoms with Gasteiger partial charge in [-0.15, -0.1) is 0 Å². The first kappa shape index (κ1) is 19.9. The van der Waals surface area contributed by atoms with Crippen molar-refractivity contribution in [1.82, 2.24) is 19.2 Å². The molecule has 3 heterocycles. The van der Waals surface area contributed by atoms with Crippen molar-refractivity contribution in [2.24, 2.45) is 0 Å². The molecule has 6 nitrogen and oxygen atoms in total. The van der Waals surface area contributed by atoms with Crippen molar-refractivity contribution >= 4 is 16.6 Å². The average Bonchev–Trinajstić information content (AvgIpc) is 3.15. The molecule has 0 amide bonds. The zero-order valence-electron chi connectivity index (χ0n) is 17.7. The second-order valence-electron chi connectivity index (χ2n) is 7.67. The summed E-state index contributed by atoms with van der Waals surface area (Å²) in [5.41, 5.74) is 4.77. The van der Waals surface area contributed by atoms with Crippen LogP contribution in [-0.2, 0) is 13.0 Å². The van der Waals surface area contributed by atoms with Gasteiger partial charge in [0.25, 0.3) is 5.56 Å². The van der Waals surface area contributed by atoms with Crippen LogP contribution in [0.5, 0.6) is 5.75 Å². The Morgan fingerprint density at radius 1 is 1.03 bits per heavy atom. The van der Waals surface area contributed by atoms with Gasteiger partial charge in [0.1, 0.15) is 11.6 Å². The molecule has 0 unspecified atom stereocenters. The third kappa shape index (κ3) is 3.41.